The molecule has 0 aliphatic heterocycles. The average Bonchev–Trinajstić information content (AvgIpc) is 2.33. The number of nitriles is 1. The molecule has 0 amide bonds. The molecule has 0 aromatic heterocycles. The number of halogens is 2. The van der Waals surface area contributed by atoms with Crippen LogP contribution in [0.4, 0.5) is 8.78 Å². The van der Waals surface area contributed by atoms with Crippen LogP contribution in [0, 0.1) is 23.0 Å². The Morgan fingerprint density at radius 1 is 1.33 bits per heavy atom. The van der Waals surface area contributed by atoms with Crippen LogP contribution in [0.25, 0.3) is 0 Å². The van der Waals surface area contributed by atoms with Crippen molar-refractivity contribution in [1.29, 1.82) is 5.26 Å². The van der Waals surface area contributed by atoms with Gasteiger partial charge in [0.1, 0.15) is 29.5 Å². The molecule has 0 aliphatic rings. The van der Waals surface area contributed by atoms with Gasteiger partial charge in [0.15, 0.2) is 0 Å². The lowest BCUT2D eigenvalue weighted by molar-refractivity contribution is 0.233. The lowest BCUT2D eigenvalue weighted by atomic mass is 10.1. The summed E-state index contributed by atoms with van der Waals surface area (Å²) in [6, 6.07) is 5.03. The average molecular weight is 254 g/mol. The topological polar surface area (TPSA) is 45.0 Å². The molecule has 0 saturated carbocycles. The lowest BCUT2D eigenvalue weighted by Gasteiger charge is -2.23. The van der Waals surface area contributed by atoms with E-state index in [1.165, 1.54) is 0 Å². The van der Waals surface area contributed by atoms with Crippen molar-refractivity contribution in [3.8, 4) is 11.8 Å². The first-order valence-corrected chi connectivity index (χ1v) is 5.74. The van der Waals surface area contributed by atoms with Gasteiger partial charge in [0.25, 0.3) is 0 Å². The van der Waals surface area contributed by atoms with E-state index in [0.29, 0.717) is 6.54 Å². The van der Waals surface area contributed by atoms with Gasteiger partial charge in [-0.2, -0.15) is 5.26 Å². The van der Waals surface area contributed by atoms with Crippen LogP contribution < -0.4 is 10.1 Å². The summed E-state index contributed by atoms with van der Waals surface area (Å²) in [5, 5.41) is 12.1. The lowest BCUT2D eigenvalue weighted by Crippen LogP contribution is -2.46. The molecule has 1 atom stereocenters. The molecule has 0 bridgehead atoms. The normalized spacial score (nSPS) is 13.7. The maximum Gasteiger partial charge on any atom is 0.138 e. The molecule has 1 unspecified atom stereocenters. The van der Waals surface area contributed by atoms with Gasteiger partial charge in [0.05, 0.1) is 6.07 Å². The van der Waals surface area contributed by atoms with E-state index in [4.69, 9.17) is 10.00 Å². The van der Waals surface area contributed by atoms with Crippen LogP contribution >= 0.6 is 0 Å². The van der Waals surface area contributed by atoms with Crippen LogP contribution in [0.1, 0.15) is 20.3 Å². The Morgan fingerprint density at radius 2 is 1.94 bits per heavy atom. The second-order valence-corrected chi connectivity index (χ2v) is 4.26. The van der Waals surface area contributed by atoms with Crippen molar-refractivity contribution in [2.45, 2.75) is 25.8 Å². The Hall–Kier alpha value is -1.67. The summed E-state index contributed by atoms with van der Waals surface area (Å²) < 4.78 is 31.1. The van der Waals surface area contributed by atoms with Gasteiger partial charge in [0.2, 0.25) is 0 Å². The summed E-state index contributed by atoms with van der Waals surface area (Å²) in [6.45, 7) is 4.35. The summed E-state index contributed by atoms with van der Waals surface area (Å²) in [5.74, 6) is -1.33. The zero-order valence-corrected chi connectivity index (χ0v) is 10.5. The third-order valence-corrected chi connectivity index (χ3v) is 2.38. The van der Waals surface area contributed by atoms with Crippen LogP contribution in [0.2, 0.25) is 0 Å². The minimum atomic E-state index is -0.876. The molecule has 1 aromatic carbocycles. The van der Waals surface area contributed by atoms with E-state index in [1.807, 2.05) is 6.92 Å². The number of nitrogens with zero attached hydrogens (tertiary/aromatic N) is 1. The second kappa shape index (κ2) is 6.31. The van der Waals surface area contributed by atoms with Gasteiger partial charge >= 0.3 is 0 Å². The van der Waals surface area contributed by atoms with Gasteiger partial charge in [-0.25, -0.2) is 8.78 Å². The zero-order chi connectivity index (χ0) is 13.6. The third kappa shape index (κ3) is 4.30. The molecule has 18 heavy (non-hydrogen) atoms. The Bertz CT molecular complexity index is 425. The first kappa shape index (κ1) is 14.4. The van der Waals surface area contributed by atoms with E-state index in [9.17, 15) is 8.78 Å². The highest BCUT2D eigenvalue weighted by molar-refractivity contribution is 5.24. The smallest absolute Gasteiger partial charge is 0.138 e. The summed E-state index contributed by atoms with van der Waals surface area (Å²) in [5.41, 5.74) is -0.876. The zero-order valence-electron chi connectivity index (χ0n) is 10.5. The monoisotopic (exact) mass is 254 g/mol. The highest BCUT2D eigenvalue weighted by Crippen LogP contribution is 2.17. The van der Waals surface area contributed by atoms with Gasteiger partial charge in [0, 0.05) is 18.2 Å². The number of nitrogens with one attached hydrogen (secondary N) is 1. The van der Waals surface area contributed by atoms with E-state index >= 15 is 0 Å². The second-order valence-electron chi connectivity index (χ2n) is 4.26. The maximum absolute atomic E-state index is 12.9. The summed E-state index contributed by atoms with van der Waals surface area (Å²) in [6.07, 6.45) is 0.881. The van der Waals surface area contributed by atoms with Crippen molar-refractivity contribution >= 4 is 0 Å². The molecule has 5 heteroatoms. The van der Waals surface area contributed by atoms with Crippen LogP contribution in [-0.2, 0) is 0 Å². The predicted octanol–water partition coefficient (Wildman–Crippen LogP) is 2.63. The quantitative estimate of drug-likeness (QED) is 0.848. The van der Waals surface area contributed by atoms with Crippen LogP contribution in [0.5, 0.6) is 5.75 Å². The first-order valence-electron chi connectivity index (χ1n) is 5.74. The SMILES string of the molecule is CCCNC(C)(C#N)COc1cc(F)cc(F)c1. The van der Waals surface area contributed by atoms with Gasteiger partial charge < -0.3 is 4.74 Å². The van der Waals surface area contributed by atoms with Crippen molar-refractivity contribution in [3.05, 3.63) is 29.8 Å². The molecule has 1 N–H and O–H groups in total. The van der Waals surface area contributed by atoms with Gasteiger partial charge in [-0.1, -0.05) is 6.92 Å². The molecule has 0 saturated heterocycles. The third-order valence-electron chi connectivity index (χ3n) is 2.38. The predicted molar refractivity (Wildman–Crippen MR) is 64.2 cm³/mol. The Balaban J connectivity index is 2.65. The number of ether oxygens (including phenoxy) is 1. The molecule has 0 fully saturated rings. The van der Waals surface area contributed by atoms with E-state index in [1.54, 1.807) is 6.92 Å². The highest BCUT2D eigenvalue weighted by atomic mass is 19.1. The molecule has 0 spiro atoms. The summed E-state index contributed by atoms with van der Waals surface area (Å²) >= 11 is 0. The van der Waals surface area contributed by atoms with Gasteiger partial charge in [-0.3, -0.25) is 5.32 Å². The maximum atomic E-state index is 12.9. The highest BCUT2D eigenvalue weighted by Gasteiger charge is 2.23. The van der Waals surface area contributed by atoms with E-state index in [0.717, 1.165) is 24.6 Å². The summed E-state index contributed by atoms with van der Waals surface area (Å²) in [4.78, 5) is 0. The Kier molecular flexibility index (Phi) is 5.05. The molecule has 0 heterocycles. The minimum absolute atomic E-state index is 0.0202. The van der Waals surface area contributed by atoms with Crippen LogP contribution in [0.3, 0.4) is 0 Å². The van der Waals surface area contributed by atoms with Crippen molar-refractivity contribution in [2.24, 2.45) is 0 Å². The minimum Gasteiger partial charge on any atom is -0.490 e. The number of rotatable bonds is 6. The fourth-order valence-electron chi connectivity index (χ4n) is 1.36. The standard InChI is InChI=1S/C13H16F2N2O/c1-3-4-17-13(2,8-16)9-18-12-6-10(14)5-11(15)7-12/h5-7,17H,3-4,9H2,1-2H3. The van der Waals surface area contributed by atoms with E-state index in [2.05, 4.69) is 11.4 Å². The van der Waals surface area contributed by atoms with Gasteiger partial charge in [-0.15, -0.1) is 0 Å². The number of hydrogen-bond acceptors (Lipinski definition) is 3. The molecular weight excluding hydrogens is 238 g/mol. The van der Waals surface area contributed by atoms with Crippen molar-refractivity contribution in [2.75, 3.05) is 13.2 Å². The summed E-state index contributed by atoms with van der Waals surface area (Å²) in [7, 11) is 0. The van der Waals surface area contributed by atoms with Crippen molar-refractivity contribution < 1.29 is 13.5 Å². The van der Waals surface area contributed by atoms with E-state index in [-0.39, 0.29) is 12.4 Å². The molecule has 0 radical (unpaired) electrons. The molecule has 1 aromatic rings. The molecule has 0 aliphatic carbocycles. The Labute approximate surface area is 105 Å². The molecule has 1 rings (SSSR count). The largest absolute Gasteiger partial charge is 0.490 e. The van der Waals surface area contributed by atoms with E-state index < -0.39 is 17.2 Å². The number of benzene rings is 1. The van der Waals surface area contributed by atoms with Crippen molar-refractivity contribution in [3.63, 3.8) is 0 Å². The Morgan fingerprint density at radius 3 is 2.44 bits per heavy atom. The fraction of sp³-hybridized carbons (Fsp3) is 0.462. The number of hydrogen-bond donors (Lipinski definition) is 1. The molecule has 98 valence electrons. The fourth-order valence-corrected chi connectivity index (χ4v) is 1.36. The van der Waals surface area contributed by atoms with Crippen LogP contribution in [0.15, 0.2) is 18.2 Å². The van der Waals surface area contributed by atoms with Crippen molar-refractivity contribution in [1.82, 2.24) is 5.32 Å². The van der Waals surface area contributed by atoms with Gasteiger partial charge in [-0.05, 0) is 19.9 Å². The van der Waals surface area contributed by atoms with Crippen LogP contribution in [-0.4, -0.2) is 18.7 Å². The molecular formula is C13H16F2N2O. The first-order chi connectivity index (χ1) is 8.49. The molecule has 3 nitrogen and oxygen atoms in total.